The number of carbonyl (C=O) groups is 1. The first kappa shape index (κ1) is 20.0. The Kier molecular flexibility index (Phi) is 5.11. The highest BCUT2D eigenvalue weighted by molar-refractivity contribution is 8.00. The van der Waals surface area contributed by atoms with Crippen molar-refractivity contribution in [2.24, 2.45) is 0 Å². The molecular formula is C22H19ClN6OS. The summed E-state index contributed by atoms with van der Waals surface area (Å²) in [5, 5.41) is 9.66. The summed E-state index contributed by atoms with van der Waals surface area (Å²) in [5.41, 5.74) is 3.30. The number of rotatable bonds is 4. The van der Waals surface area contributed by atoms with Crippen molar-refractivity contribution < 1.29 is 4.79 Å². The number of carbonyl (C=O) groups excluding carboxylic acids is 1. The van der Waals surface area contributed by atoms with Crippen LogP contribution < -0.4 is 5.32 Å². The molecular weight excluding hydrogens is 432 g/mol. The molecule has 1 aromatic carbocycles. The number of halogens is 1. The predicted octanol–water partition coefficient (Wildman–Crippen LogP) is 4.78. The van der Waals surface area contributed by atoms with Gasteiger partial charge in [-0.3, -0.25) is 4.79 Å². The molecule has 9 heteroatoms. The number of amides is 1. The van der Waals surface area contributed by atoms with E-state index in [0.29, 0.717) is 16.5 Å². The fourth-order valence-corrected chi connectivity index (χ4v) is 5.35. The number of pyridine rings is 1. The van der Waals surface area contributed by atoms with Crippen molar-refractivity contribution in [2.75, 3.05) is 5.32 Å². The lowest BCUT2D eigenvalue weighted by Gasteiger charge is -2.27. The third-order valence-electron chi connectivity index (χ3n) is 5.35. The van der Waals surface area contributed by atoms with Gasteiger partial charge >= 0.3 is 0 Å². The minimum absolute atomic E-state index is 0.0970. The van der Waals surface area contributed by atoms with Gasteiger partial charge in [-0.05, 0) is 37.1 Å². The van der Waals surface area contributed by atoms with Gasteiger partial charge in [-0.25, -0.2) is 19.6 Å². The molecule has 156 valence electrons. The van der Waals surface area contributed by atoms with E-state index in [2.05, 4.69) is 27.2 Å². The topological polar surface area (TPSA) is 85.6 Å². The molecule has 31 heavy (non-hydrogen) atoms. The first-order chi connectivity index (χ1) is 15.1. The third kappa shape index (κ3) is 3.45. The lowest BCUT2D eigenvalue weighted by atomic mass is 9.95. The summed E-state index contributed by atoms with van der Waals surface area (Å²) < 4.78 is 1.75. The van der Waals surface area contributed by atoms with E-state index < -0.39 is 0 Å². The number of nitrogens with zero attached hydrogens (tertiary/aromatic N) is 5. The van der Waals surface area contributed by atoms with Crippen LogP contribution in [0.4, 0.5) is 5.82 Å². The van der Waals surface area contributed by atoms with Crippen LogP contribution in [0.1, 0.15) is 30.5 Å². The highest BCUT2D eigenvalue weighted by Crippen LogP contribution is 2.46. The van der Waals surface area contributed by atoms with Crippen molar-refractivity contribution >= 4 is 46.1 Å². The molecule has 7 nitrogen and oxygen atoms in total. The number of nitrogens with one attached hydrogen (secondary N) is 1. The van der Waals surface area contributed by atoms with Crippen LogP contribution in [-0.4, -0.2) is 35.9 Å². The third-order valence-corrected chi connectivity index (χ3v) is 7.00. The van der Waals surface area contributed by atoms with Gasteiger partial charge in [0.25, 0.3) is 0 Å². The number of thioether (sulfide) groups is 1. The van der Waals surface area contributed by atoms with E-state index in [1.807, 2.05) is 43.3 Å². The number of hydrogen-bond acceptors (Lipinski definition) is 6. The minimum Gasteiger partial charge on any atom is -0.310 e. The van der Waals surface area contributed by atoms with Crippen molar-refractivity contribution in [3.63, 3.8) is 0 Å². The summed E-state index contributed by atoms with van der Waals surface area (Å²) in [6, 6.07) is 11.2. The second-order valence-corrected chi connectivity index (χ2v) is 8.93. The van der Waals surface area contributed by atoms with Gasteiger partial charge in [0, 0.05) is 12.1 Å². The van der Waals surface area contributed by atoms with Crippen LogP contribution in [0.15, 0.2) is 53.9 Å². The SMILES string of the molecule is CCC1c2nn(-c3ccccc3Cl)c3ncnc(c23)SC1C(=O)Nc1ccc(C)cn1. The maximum absolute atomic E-state index is 13.2. The van der Waals surface area contributed by atoms with Crippen molar-refractivity contribution in [3.05, 3.63) is 65.2 Å². The lowest BCUT2D eigenvalue weighted by molar-refractivity contribution is -0.116. The molecule has 0 saturated heterocycles. The molecule has 2 atom stereocenters. The monoisotopic (exact) mass is 450 g/mol. The summed E-state index contributed by atoms with van der Waals surface area (Å²) >= 11 is 7.89. The minimum atomic E-state index is -0.381. The van der Waals surface area contributed by atoms with E-state index >= 15 is 0 Å². The van der Waals surface area contributed by atoms with Crippen LogP contribution in [-0.2, 0) is 4.79 Å². The molecule has 0 aliphatic carbocycles. The summed E-state index contributed by atoms with van der Waals surface area (Å²) in [7, 11) is 0. The molecule has 0 saturated carbocycles. The van der Waals surface area contributed by atoms with Gasteiger partial charge in [0.05, 0.1) is 27.0 Å². The molecule has 1 aliphatic rings. The zero-order valence-corrected chi connectivity index (χ0v) is 18.5. The molecule has 2 unspecified atom stereocenters. The first-order valence-corrected chi connectivity index (χ1v) is 11.2. The summed E-state index contributed by atoms with van der Waals surface area (Å²) in [4.78, 5) is 26.5. The highest BCUT2D eigenvalue weighted by Gasteiger charge is 2.39. The largest absolute Gasteiger partial charge is 0.310 e. The molecule has 3 aromatic heterocycles. The van der Waals surface area contributed by atoms with E-state index in [9.17, 15) is 4.79 Å². The fraction of sp³-hybridized carbons (Fsp3) is 0.227. The molecule has 1 aliphatic heterocycles. The van der Waals surface area contributed by atoms with E-state index in [1.165, 1.54) is 18.1 Å². The average molecular weight is 451 g/mol. The molecule has 1 N–H and O–H groups in total. The normalized spacial score (nSPS) is 17.6. The van der Waals surface area contributed by atoms with Gasteiger partial charge in [0.2, 0.25) is 5.91 Å². The van der Waals surface area contributed by atoms with Gasteiger partial charge < -0.3 is 5.32 Å². The van der Waals surface area contributed by atoms with Crippen LogP contribution in [0.5, 0.6) is 0 Å². The Labute approximate surface area is 188 Å². The summed E-state index contributed by atoms with van der Waals surface area (Å²) in [6.45, 7) is 4.02. The quantitative estimate of drug-likeness (QED) is 0.450. The van der Waals surface area contributed by atoms with Gasteiger partial charge in [-0.2, -0.15) is 5.10 Å². The molecule has 0 spiro atoms. The van der Waals surface area contributed by atoms with E-state index in [-0.39, 0.29) is 17.1 Å². The molecule has 4 aromatic rings. The number of hydrogen-bond donors (Lipinski definition) is 1. The van der Waals surface area contributed by atoms with Crippen LogP contribution in [0.3, 0.4) is 0 Å². The number of benzene rings is 1. The molecule has 0 radical (unpaired) electrons. The van der Waals surface area contributed by atoms with E-state index in [4.69, 9.17) is 16.7 Å². The van der Waals surface area contributed by atoms with Gasteiger partial charge in [0.1, 0.15) is 17.2 Å². The highest BCUT2D eigenvalue weighted by atomic mass is 35.5. The maximum atomic E-state index is 13.2. The second kappa shape index (κ2) is 7.94. The Morgan fingerprint density at radius 3 is 2.77 bits per heavy atom. The standard InChI is InChI=1S/C22H19ClN6OS/c1-3-13-18-17-20(29(28-18)15-7-5-4-6-14(15)23)25-11-26-22(17)31-19(13)21(30)27-16-9-8-12(2)10-24-16/h4-11,13,19H,3H2,1-2H3,(H,24,27,30). The Morgan fingerprint density at radius 1 is 1.19 bits per heavy atom. The predicted molar refractivity (Wildman–Crippen MR) is 122 cm³/mol. The molecule has 5 rings (SSSR count). The van der Waals surface area contributed by atoms with Crippen molar-refractivity contribution in [1.29, 1.82) is 0 Å². The van der Waals surface area contributed by atoms with Crippen LogP contribution in [0.25, 0.3) is 16.7 Å². The van der Waals surface area contributed by atoms with Crippen LogP contribution in [0, 0.1) is 6.92 Å². The average Bonchev–Trinajstić information content (AvgIpc) is 3.16. The van der Waals surface area contributed by atoms with Crippen molar-refractivity contribution in [2.45, 2.75) is 36.5 Å². The Hall–Kier alpha value is -2.97. The number of aromatic nitrogens is 5. The number of para-hydroxylation sites is 1. The fourth-order valence-electron chi connectivity index (χ4n) is 3.82. The first-order valence-electron chi connectivity index (χ1n) is 9.95. The molecule has 1 amide bonds. The van der Waals surface area contributed by atoms with Gasteiger partial charge in [0.15, 0.2) is 5.65 Å². The van der Waals surface area contributed by atoms with Crippen LogP contribution >= 0.6 is 23.4 Å². The van der Waals surface area contributed by atoms with Gasteiger partial charge in [-0.1, -0.05) is 48.5 Å². The Bertz CT molecular complexity index is 1290. The smallest absolute Gasteiger partial charge is 0.239 e. The van der Waals surface area contributed by atoms with Crippen LogP contribution in [0.2, 0.25) is 5.02 Å². The Balaban J connectivity index is 1.57. The summed E-state index contributed by atoms with van der Waals surface area (Å²) in [6.07, 6.45) is 3.99. The molecule has 0 fully saturated rings. The molecule has 4 heterocycles. The van der Waals surface area contributed by atoms with Crippen molar-refractivity contribution in [3.8, 4) is 5.69 Å². The van der Waals surface area contributed by atoms with Crippen molar-refractivity contribution in [1.82, 2.24) is 24.7 Å². The number of aryl methyl sites for hydroxylation is 1. The van der Waals surface area contributed by atoms with E-state index in [0.717, 1.165) is 33.8 Å². The zero-order valence-electron chi connectivity index (χ0n) is 16.9. The molecule has 0 bridgehead atoms. The second-order valence-electron chi connectivity index (χ2n) is 7.39. The number of anilines is 1. The van der Waals surface area contributed by atoms with Gasteiger partial charge in [-0.15, -0.1) is 0 Å². The zero-order chi connectivity index (χ0) is 21.5. The Morgan fingerprint density at radius 2 is 2.03 bits per heavy atom. The maximum Gasteiger partial charge on any atom is 0.239 e. The summed E-state index contributed by atoms with van der Waals surface area (Å²) in [5.74, 6) is 0.323. The van der Waals surface area contributed by atoms with E-state index in [1.54, 1.807) is 10.9 Å². The lowest BCUT2D eigenvalue weighted by Crippen LogP contribution is -2.33.